The molecule has 0 N–H and O–H groups in total. The van der Waals surface area contributed by atoms with Crippen molar-refractivity contribution in [3.8, 4) is 0 Å². The van der Waals surface area contributed by atoms with Gasteiger partial charge in [-0.05, 0) is 49.9 Å². The number of fused-ring (bicyclic) bond motifs is 1. The van der Waals surface area contributed by atoms with Crippen LogP contribution in [0.5, 0.6) is 0 Å². The fourth-order valence-electron chi connectivity index (χ4n) is 2.85. The molecule has 25 heavy (non-hydrogen) atoms. The van der Waals surface area contributed by atoms with Crippen molar-refractivity contribution in [3.63, 3.8) is 0 Å². The van der Waals surface area contributed by atoms with Gasteiger partial charge in [0.2, 0.25) is 11.8 Å². The van der Waals surface area contributed by atoms with Gasteiger partial charge in [-0.25, -0.2) is 0 Å². The topological polar surface area (TPSA) is 66.9 Å². The Kier molecular flexibility index (Phi) is 5.82. The SMILES string of the molecule is CCOC(=O)CN1C(=O)CN(C(=O)CC(C)C)c2cc(C)c(C)cc21. The highest BCUT2D eigenvalue weighted by Crippen LogP contribution is 2.36. The Morgan fingerprint density at radius 2 is 1.76 bits per heavy atom. The highest BCUT2D eigenvalue weighted by molar-refractivity contribution is 6.12. The molecule has 1 aliphatic heterocycles. The Bertz CT molecular complexity index is 697. The molecule has 0 saturated heterocycles. The summed E-state index contributed by atoms with van der Waals surface area (Å²) in [5, 5.41) is 0. The molecule has 0 fully saturated rings. The van der Waals surface area contributed by atoms with Crippen LogP contribution in [0, 0.1) is 19.8 Å². The summed E-state index contributed by atoms with van der Waals surface area (Å²) in [5.41, 5.74) is 3.30. The molecular weight excluding hydrogens is 320 g/mol. The third-order valence-corrected chi connectivity index (χ3v) is 4.24. The molecule has 0 atom stereocenters. The van der Waals surface area contributed by atoms with E-state index in [1.807, 2.05) is 39.8 Å². The van der Waals surface area contributed by atoms with Crippen LogP contribution >= 0.6 is 0 Å². The minimum absolute atomic E-state index is 0.0551. The molecule has 1 aromatic carbocycles. The minimum atomic E-state index is -0.456. The maximum Gasteiger partial charge on any atom is 0.326 e. The first-order valence-electron chi connectivity index (χ1n) is 8.62. The summed E-state index contributed by atoms with van der Waals surface area (Å²) in [6, 6.07) is 3.77. The van der Waals surface area contributed by atoms with Crippen LogP contribution in [-0.2, 0) is 19.1 Å². The number of hydrogen-bond acceptors (Lipinski definition) is 4. The summed E-state index contributed by atoms with van der Waals surface area (Å²) in [6.07, 6.45) is 0.373. The highest BCUT2D eigenvalue weighted by atomic mass is 16.5. The number of rotatable bonds is 5. The van der Waals surface area contributed by atoms with Gasteiger partial charge in [0.15, 0.2) is 0 Å². The van der Waals surface area contributed by atoms with Crippen molar-refractivity contribution in [1.82, 2.24) is 0 Å². The fourth-order valence-corrected chi connectivity index (χ4v) is 2.85. The second kappa shape index (κ2) is 7.68. The molecule has 0 saturated carbocycles. The van der Waals surface area contributed by atoms with E-state index in [2.05, 4.69) is 0 Å². The summed E-state index contributed by atoms with van der Waals surface area (Å²) < 4.78 is 4.98. The van der Waals surface area contributed by atoms with Gasteiger partial charge in [-0.2, -0.15) is 0 Å². The first-order chi connectivity index (χ1) is 11.7. The molecule has 0 bridgehead atoms. The average molecular weight is 346 g/mol. The molecule has 0 unspecified atom stereocenters. The van der Waals surface area contributed by atoms with Crippen molar-refractivity contribution in [2.75, 3.05) is 29.5 Å². The molecule has 1 aliphatic rings. The minimum Gasteiger partial charge on any atom is -0.465 e. The van der Waals surface area contributed by atoms with Gasteiger partial charge in [-0.3, -0.25) is 19.3 Å². The van der Waals surface area contributed by atoms with Crippen molar-refractivity contribution < 1.29 is 19.1 Å². The van der Waals surface area contributed by atoms with Crippen LogP contribution < -0.4 is 9.80 Å². The van der Waals surface area contributed by atoms with Crippen molar-refractivity contribution in [2.24, 2.45) is 5.92 Å². The number of ether oxygens (including phenoxy) is 1. The maximum absolute atomic E-state index is 12.6. The molecule has 2 amide bonds. The van der Waals surface area contributed by atoms with Crippen LogP contribution in [0.4, 0.5) is 11.4 Å². The molecule has 6 heteroatoms. The van der Waals surface area contributed by atoms with Gasteiger partial charge < -0.3 is 9.64 Å². The van der Waals surface area contributed by atoms with Gasteiger partial charge in [-0.1, -0.05) is 13.8 Å². The summed E-state index contributed by atoms with van der Waals surface area (Å²) in [4.78, 5) is 40.1. The first-order valence-corrected chi connectivity index (χ1v) is 8.62. The summed E-state index contributed by atoms with van der Waals surface area (Å²) in [7, 11) is 0. The zero-order chi connectivity index (χ0) is 18.7. The van der Waals surface area contributed by atoms with Crippen molar-refractivity contribution >= 4 is 29.2 Å². The van der Waals surface area contributed by atoms with E-state index >= 15 is 0 Å². The first kappa shape index (κ1) is 19.0. The van der Waals surface area contributed by atoms with Crippen LogP contribution in [0.1, 0.15) is 38.3 Å². The summed E-state index contributed by atoms with van der Waals surface area (Å²) >= 11 is 0. The molecular formula is C19H26N2O4. The largest absolute Gasteiger partial charge is 0.465 e. The van der Waals surface area contributed by atoms with Crippen LogP contribution in [0.25, 0.3) is 0 Å². The van der Waals surface area contributed by atoms with E-state index in [0.29, 0.717) is 17.8 Å². The lowest BCUT2D eigenvalue weighted by molar-refractivity contribution is -0.142. The molecule has 2 rings (SSSR count). The molecule has 0 spiro atoms. The van der Waals surface area contributed by atoms with E-state index in [0.717, 1.165) is 11.1 Å². The van der Waals surface area contributed by atoms with E-state index in [9.17, 15) is 14.4 Å². The molecule has 0 aliphatic carbocycles. The van der Waals surface area contributed by atoms with Crippen LogP contribution in [0.15, 0.2) is 12.1 Å². The summed E-state index contributed by atoms with van der Waals surface area (Å²) in [6.45, 7) is 9.64. The molecule has 1 aromatic rings. The zero-order valence-electron chi connectivity index (χ0n) is 15.6. The van der Waals surface area contributed by atoms with Gasteiger partial charge in [0.05, 0.1) is 18.0 Å². The number of anilines is 2. The van der Waals surface area contributed by atoms with Crippen LogP contribution in [0.3, 0.4) is 0 Å². The highest BCUT2D eigenvalue weighted by Gasteiger charge is 2.34. The quantitative estimate of drug-likeness (QED) is 0.769. The van der Waals surface area contributed by atoms with Gasteiger partial charge in [0.25, 0.3) is 0 Å². The van der Waals surface area contributed by atoms with Gasteiger partial charge in [0, 0.05) is 6.42 Å². The normalized spacial score (nSPS) is 13.9. The van der Waals surface area contributed by atoms with Gasteiger partial charge >= 0.3 is 5.97 Å². The molecule has 0 radical (unpaired) electrons. The van der Waals surface area contributed by atoms with E-state index in [4.69, 9.17) is 4.74 Å². The predicted octanol–water partition coefficient (Wildman–Crippen LogP) is 2.59. The lowest BCUT2D eigenvalue weighted by Gasteiger charge is -2.36. The fraction of sp³-hybridized carbons (Fsp3) is 0.526. The molecule has 1 heterocycles. The smallest absolute Gasteiger partial charge is 0.326 e. The molecule has 136 valence electrons. The number of hydrogen-bond donors (Lipinski definition) is 0. The van der Waals surface area contributed by atoms with E-state index < -0.39 is 5.97 Å². The van der Waals surface area contributed by atoms with E-state index in [-0.39, 0.29) is 37.4 Å². The Morgan fingerprint density at radius 1 is 1.16 bits per heavy atom. The second-order valence-electron chi connectivity index (χ2n) is 6.79. The Balaban J connectivity index is 2.44. The lowest BCUT2D eigenvalue weighted by atomic mass is 10.0. The monoisotopic (exact) mass is 346 g/mol. The van der Waals surface area contributed by atoms with E-state index in [1.165, 1.54) is 9.80 Å². The summed E-state index contributed by atoms with van der Waals surface area (Å²) in [5.74, 6) is -0.610. The maximum atomic E-state index is 12.6. The van der Waals surface area contributed by atoms with Crippen molar-refractivity contribution in [3.05, 3.63) is 23.3 Å². The number of carbonyl (C=O) groups excluding carboxylic acids is 3. The van der Waals surface area contributed by atoms with Gasteiger partial charge in [0.1, 0.15) is 13.1 Å². The zero-order valence-corrected chi connectivity index (χ0v) is 15.6. The number of nitrogens with zero attached hydrogens (tertiary/aromatic N) is 2. The molecule has 0 aromatic heterocycles. The number of aryl methyl sites for hydroxylation is 2. The average Bonchev–Trinajstić information content (AvgIpc) is 2.51. The standard InChI is InChI=1S/C19H26N2O4/c1-6-25-19(24)11-21-16-9-14(5)13(4)8-15(16)20(10-18(21)23)17(22)7-12(2)3/h8-9,12H,6-7,10-11H2,1-5H3. The van der Waals surface area contributed by atoms with Crippen molar-refractivity contribution in [1.29, 1.82) is 0 Å². The van der Waals surface area contributed by atoms with Crippen LogP contribution in [0.2, 0.25) is 0 Å². The number of benzene rings is 1. The second-order valence-corrected chi connectivity index (χ2v) is 6.79. The Labute approximate surface area is 148 Å². The Morgan fingerprint density at radius 3 is 2.32 bits per heavy atom. The molecule has 6 nitrogen and oxygen atoms in total. The van der Waals surface area contributed by atoms with Gasteiger partial charge in [-0.15, -0.1) is 0 Å². The third kappa shape index (κ3) is 4.18. The lowest BCUT2D eigenvalue weighted by Crippen LogP contribution is -2.50. The third-order valence-electron chi connectivity index (χ3n) is 4.24. The number of esters is 1. The Hall–Kier alpha value is -2.37. The van der Waals surface area contributed by atoms with Crippen molar-refractivity contribution in [2.45, 2.75) is 41.0 Å². The van der Waals surface area contributed by atoms with Crippen LogP contribution in [-0.4, -0.2) is 37.5 Å². The van der Waals surface area contributed by atoms with E-state index in [1.54, 1.807) is 6.92 Å². The number of carbonyl (C=O) groups is 3. The predicted molar refractivity (Wildman–Crippen MR) is 96.7 cm³/mol. The number of amides is 2.